The number of piperazine rings is 1. The summed E-state index contributed by atoms with van der Waals surface area (Å²) in [5.74, 6) is -8.21. The molecule has 5 rings (SSSR count). The van der Waals surface area contributed by atoms with Crippen molar-refractivity contribution in [3.8, 4) is 0 Å². The molecule has 2 bridgehead atoms. The van der Waals surface area contributed by atoms with Gasteiger partial charge in [0.1, 0.15) is 36.2 Å². The van der Waals surface area contributed by atoms with Gasteiger partial charge in [0, 0.05) is 84.6 Å². The van der Waals surface area contributed by atoms with Gasteiger partial charge in [-0.15, -0.1) is 0 Å². The van der Waals surface area contributed by atoms with E-state index in [1.54, 1.807) is 46.0 Å². The number of rotatable bonds is 7. The normalized spacial score (nSPS) is 38.4. The third-order valence-corrected chi connectivity index (χ3v) is 16.5. The largest absolute Gasteiger partial charge is 0.460 e. The van der Waals surface area contributed by atoms with Crippen LogP contribution in [0.2, 0.25) is 0 Å². The lowest BCUT2D eigenvalue weighted by Gasteiger charge is -2.42. The van der Waals surface area contributed by atoms with Gasteiger partial charge in [0.15, 0.2) is 5.78 Å². The number of carbonyl (C=O) groups is 6. The summed E-state index contributed by atoms with van der Waals surface area (Å²) in [6.07, 6.45) is 10.7. The SMILES string of the molecule is CO[C@H]1C[C@@H]2CC[C@@H](C)[C@@](O)(O2)C(=O)C(=O)N2CCCC[C@H]2C(=O)O[C@H]([C@H](C)CC2CC[C@H](OC(=O)N3CCN(C)CC3)[C@@H](OC)C2)CC(=O)[C@H](C)/C=C(\C)[C@@H](O)[C@@H](OC)C(=O)[C@H](C)C[C@H](C)/C=C/C=C/C=C/1C. The van der Waals surface area contributed by atoms with Gasteiger partial charge in [-0.1, -0.05) is 71.1 Å². The molecule has 2 N–H and O–H groups in total. The molecule has 15 atom stereocenters. The molecule has 1 unspecified atom stereocenters. The lowest BCUT2D eigenvalue weighted by atomic mass is 9.78. The minimum Gasteiger partial charge on any atom is -0.460 e. The van der Waals surface area contributed by atoms with Crippen molar-refractivity contribution in [2.24, 2.45) is 35.5 Å². The number of ether oxygens (including phenoxy) is 6. The predicted molar refractivity (Wildman–Crippen MR) is 278 cm³/mol. The highest BCUT2D eigenvalue weighted by Gasteiger charge is 2.53. The summed E-state index contributed by atoms with van der Waals surface area (Å²) in [6, 6.07) is -1.17. The van der Waals surface area contributed by atoms with Crippen LogP contribution in [-0.4, -0.2) is 176 Å². The molecule has 1 saturated carbocycles. The molecule has 5 aliphatic rings. The number of amides is 2. The summed E-state index contributed by atoms with van der Waals surface area (Å²) >= 11 is 0. The highest BCUT2D eigenvalue weighted by atomic mass is 16.6. The molecule has 74 heavy (non-hydrogen) atoms. The van der Waals surface area contributed by atoms with E-state index in [9.17, 15) is 39.0 Å². The van der Waals surface area contributed by atoms with E-state index in [1.807, 2.05) is 65.1 Å². The minimum absolute atomic E-state index is 0.00750. The van der Waals surface area contributed by atoms with E-state index < -0.39 is 83.9 Å². The Balaban J connectivity index is 1.43. The van der Waals surface area contributed by atoms with E-state index in [2.05, 4.69) is 4.90 Å². The number of esters is 1. The number of likely N-dealkylation sites (N-methyl/N-ethyl adjacent to an activating group) is 1. The van der Waals surface area contributed by atoms with E-state index in [-0.39, 0.29) is 60.9 Å². The average Bonchev–Trinajstić information content (AvgIpc) is 3.38. The summed E-state index contributed by atoms with van der Waals surface area (Å²) in [4.78, 5) is 89.7. The summed E-state index contributed by atoms with van der Waals surface area (Å²) in [6.45, 7) is 15.4. The highest BCUT2D eigenvalue weighted by molar-refractivity contribution is 6.39. The Hall–Kier alpha value is -4.10. The molecule has 0 spiro atoms. The minimum atomic E-state index is -2.45. The van der Waals surface area contributed by atoms with Crippen LogP contribution >= 0.6 is 0 Å². The van der Waals surface area contributed by atoms with Crippen LogP contribution < -0.4 is 0 Å². The molecule has 0 radical (unpaired) electrons. The molecule has 4 aliphatic heterocycles. The Bertz CT molecular complexity index is 2050. The fourth-order valence-electron chi connectivity index (χ4n) is 11.4. The van der Waals surface area contributed by atoms with Gasteiger partial charge >= 0.3 is 12.1 Å². The number of hydrogen-bond donors (Lipinski definition) is 2. The fourth-order valence-corrected chi connectivity index (χ4v) is 11.4. The first kappa shape index (κ1) is 60.8. The average molecular weight is 1040 g/mol. The molecule has 4 fully saturated rings. The van der Waals surface area contributed by atoms with Crippen molar-refractivity contribution in [2.75, 3.05) is 61.1 Å². The zero-order chi connectivity index (χ0) is 54.4. The maximum Gasteiger partial charge on any atom is 0.410 e. The van der Waals surface area contributed by atoms with Gasteiger partial charge in [0.2, 0.25) is 5.79 Å². The number of Topliss-reactive ketones (excluding diaryl/α,β-unsaturated/α-hetero) is 3. The molecule has 0 aromatic carbocycles. The van der Waals surface area contributed by atoms with Crippen LogP contribution in [0.3, 0.4) is 0 Å². The van der Waals surface area contributed by atoms with Crippen LogP contribution in [0.15, 0.2) is 47.6 Å². The van der Waals surface area contributed by atoms with Gasteiger partial charge in [-0.05, 0) is 114 Å². The Labute approximate surface area is 440 Å². The smallest absolute Gasteiger partial charge is 0.410 e. The second-order valence-electron chi connectivity index (χ2n) is 22.2. The monoisotopic (exact) mass is 1040 g/mol. The molecule has 17 heteroatoms. The Morgan fingerprint density at radius 2 is 1.54 bits per heavy atom. The highest BCUT2D eigenvalue weighted by Crippen LogP contribution is 2.38. The van der Waals surface area contributed by atoms with Crippen LogP contribution in [0.1, 0.15) is 126 Å². The van der Waals surface area contributed by atoms with E-state index in [4.69, 9.17) is 28.4 Å². The number of piperidine rings is 1. The van der Waals surface area contributed by atoms with Crippen LogP contribution in [0.25, 0.3) is 0 Å². The van der Waals surface area contributed by atoms with Gasteiger partial charge in [0.25, 0.3) is 11.7 Å². The number of aliphatic hydroxyl groups is 2. The van der Waals surface area contributed by atoms with Gasteiger partial charge in [-0.25, -0.2) is 9.59 Å². The maximum absolute atomic E-state index is 14.6. The zero-order valence-corrected chi connectivity index (χ0v) is 46.2. The molecule has 4 heterocycles. The summed E-state index contributed by atoms with van der Waals surface area (Å²) < 4.78 is 35.9. The quantitative estimate of drug-likeness (QED) is 0.157. The summed E-state index contributed by atoms with van der Waals surface area (Å²) in [5.41, 5.74) is 1.25. The van der Waals surface area contributed by atoms with Crippen LogP contribution in [0.4, 0.5) is 4.79 Å². The first-order valence-corrected chi connectivity index (χ1v) is 27.2. The molecule has 0 aromatic heterocycles. The lowest BCUT2D eigenvalue weighted by molar-refractivity contribution is -0.265. The van der Waals surface area contributed by atoms with E-state index in [1.165, 1.54) is 12.0 Å². The number of ketones is 3. The van der Waals surface area contributed by atoms with Gasteiger partial charge in [0.05, 0.1) is 18.3 Å². The van der Waals surface area contributed by atoms with E-state index >= 15 is 0 Å². The number of hydrogen-bond acceptors (Lipinski definition) is 15. The molecule has 17 nitrogen and oxygen atoms in total. The van der Waals surface area contributed by atoms with E-state index in [0.717, 1.165) is 18.7 Å². The Morgan fingerprint density at radius 1 is 0.824 bits per heavy atom. The second kappa shape index (κ2) is 28.3. The number of methoxy groups -OCH3 is 3. The first-order chi connectivity index (χ1) is 35.1. The van der Waals surface area contributed by atoms with E-state index in [0.29, 0.717) is 82.9 Å². The van der Waals surface area contributed by atoms with Crippen molar-refractivity contribution in [3.05, 3.63) is 47.6 Å². The number of nitrogens with zero attached hydrogens (tertiary/aromatic N) is 3. The number of aliphatic hydroxyl groups excluding tert-OH is 1. The topological polar surface area (TPSA) is 208 Å². The Morgan fingerprint density at radius 3 is 2.22 bits per heavy atom. The fraction of sp³-hybridized carbons (Fsp3) is 0.754. The molecular weight excluding hydrogens is 951 g/mol. The first-order valence-electron chi connectivity index (χ1n) is 27.2. The van der Waals surface area contributed by atoms with Crippen molar-refractivity contribution in [3.63, 3.8) is 0 Å². The molecule has 2 amide bonds. The summed E-state index contributed by atoms with van der Waals surface area (Å²) in [5, 5.41) is 23.6. The maximum atomic E-state index is 14.6. The number of carbonyl (C=O) groups excluding carboxylic acids is 6. The molecule has 3 saturated heterocycles. The van der Waals surface area contributed by atoms with Crippen LogP contribution in [-0.2, 0) is 52.4 Å². The van der Waals surface area contributed by atoms with Crippen molar-refractivity contribution in [2.45, 2.75) is 180 Å². The molecular formula is C57H89N3O14. The second-order valence-corrected chi connectivity index (χ2v) is 22.2. The third-order valence-electron chi connectivity index (χ3n) is 16.5. The van der Waals surface area contributed by atoms with Crippen molar-refractivity contribution in [1.82, 2.24) is 14.7 Å². The van der Waals surface area contributed by atoms with Crippen LogP contribution in [0.5, 0.6) is 0 Å². The van der Waals surface area contributed by atoms with Crippen molar-refractivity contribution >= 4 is 35.3 Å². The van der Waals surface area contributed by atoms with Gasteiger partial charge < -0.3 is 53.3 Å². The number of fused-ring (bicyclic) bond motifs is 3. The van der Waals surface area contributed by atoms with Crippen molar-refractivity contribution < 1.29 is 67.4 Å². The number of cyclic esters (lactones) is 1. The lowest BCUT2D eigenvalue weighted by Crippen LogP contribution is -2.61. The third kappa shape index (κ3) is 16.0. The molecule has 1 aliphatic carbocycles. The van der Waals surface area contributed by atoms with Gasteiger partial charge in [-0.2, -0.15) is 0 Å². The number of allylic oxidation sites excluding steroid dienone is 6. The standard InChI is InChI=1S/C57H89N3O14/c1-35-17-13-12-14-18-36(2)47(69-9)33-43-22-20-41(7)57(68,74-43)53(64)54(65)60-24-16-15-19-44(60)55(66)72-48(34-45(61)37(3)30-40(6)51(63)52(71-11)50(62)39(5)29-35)38(4)31-42-21-23-46(49(32-42)70-10)73-56(67)59-27-25-58(8)26-28-59/h12-14,17-18,30,35,37-39,41-44,46-49,51-52,63,68H,15-16,19-29,31-34H2,1-11H3/b14-12+,17-13+,36-18+,40-30+/t35-,37-,38-,39-,41-,42?,43+,44+,46+,47+,48+,49+,51-,52+,57-/m1/s1. The zero-order valence-electron chi connectivity index (χ0n) is 46.2. The summed E-state index contributed by atoms with van der Waals surface area (Å²) in [7, 11) is 6.58. The molecule has 416 valence electrons. The van der Waals surface area contributed by atoms with Gasteiger partial charge in [-0.3, -0.25) is 19.2 Å². The van der Waals surface area contributed by atoms with Crippen LogP contribution in [0, 0.1) is 35.5 Å². The predicted octanol–water partition coefficient (Wildman–Crippen LogP) is 6.57. The molecule has 0 aromatic rings. The Kier molecular flexibility index (Phi) is 23.3. The van der Waals surface area contributed by atoms with Crippen molar-refractivity contribution in [1.29, 1.82) is 0 Å².